The Morgan fingerprint density at radius 3 is 2.59 bits per heavy atom. The molecule has 0 aliphatic heterocycles. The number of para-hydroxylation sites is 1. The van der Waals surface area contributed by atoms with Crippen LogP contribution in [0, 0.1) is 0 Å². The number of amides is 1. The normalized spacial score (nSPS) is 10.5. The van der Waals surface area contributed by atoms with E-state index in [1.807, 2.05) is 36.4 Å². The summed E-state index contributed by atoms with van der Waals surface area (Å²) in [6, 6.07) is 16.5. The number of nitrogens with two attached hydrogens (primary N) is 1. The van der Waals surface area contributed by atoms with Crippen molar-refractivity contribution in [2.75, 3.05) is 16.4 Å². The highest BCUT2D eigenvalue weighted by Gasteiger charge is 2.09. The van der Waals surface area contributed by atoms with Gasteiger partial charge in [-0.1, -0.05) is 12.1 Å². The number of fused-ring (bicyclic) bond motifs is 1. The second-order valence-corrected chi connectivity index (χ2v) is 5.86. The first-order chi connectivity index (χ1) is 13.2. The molecule has 0 unspecified atom stereocenters. The van der Waals surface area contributed by atoms with E-state index in [-0.39, 0.29) is 5.91 Å². The van der Waals surface area contributed by atoms with Gasteiger partial charge in [-0.2, -0.15) is 0 Å². The molecule has 0 bridgehead atoms. The summed E-state index contributed by atoms with van der Waals surface area (Å²) in [5.41, 5.74) is 8.95. The van der Waals surface area contributed by atoms with Gasteiger partial charge in [-0.05, 0) is 42.5 Å². The van der Waals surface area contributed by atoms with Crippen LogP contribution in [0.5, 0.6) is 0 Å². The van der Waals surface area contributed by atoms with Gasteiger partial charge in [0, 0.05) is 22.8 Å². The van der Waals surface area contributed by atoms with Gasteiger partial charge in [0.2, 0.25) is 0 Å². The van der Waals surface area contributed by atoms with Crippen LogP contribution >= 0.6 is 0 Å². The SMILES string of the molecule is Nc1cnccc1NC(=O)c1ccc(Nc2ncnc3ccccc23)cc1. The van der Waals surface area contributed by atoms with Gasteiger partial charge in [0.25, 0.3) is 5.91 Å². The average Bonchev–Trinajstić information content (AvgIpc) is 2.70. The zero-order chi connectivity index (χ0) is 18.6. The second-order valence-electron chi connectivity index (χ2n) is 5.86. The maximum absolute atomic E-state index is 12.4. The van der Waals surface area contributed by atoms with Crippen LogP contribution in [0.3, 0.4) is 0 Å². The van der Waals surface area contributed by atoms with E-state index in [9.17, 15) is 4.79 Å². The number of benzene rings is 2. The molecule has 7 nitrogen and oxygen atoms in total. The molecule has 2 heterocycles. The van der Waals surface area contributed by atoms with Crippen molar-refractivity contribution < 1.29 is 4.79 Å². The maximum Gasteiger partial charge on any atom is 0.255 e. The molecular weight excluding hydrogens is 340 g/mol. The fourth-order valence-electron chi connectivity index (χ4n) is 2.66. The lowest BCUT2D eigenvalue weighted by molar-refractivity contribution is 0.102. The van der Waals surface area contributed by atoms with Crippen molar-refractivity contribution in [3.05, 3.63) is 78.9 Å². The number of nitrogens with one attached hydrogen (secondary N) is 2. The van der Waals surface area contributed by atoms with Crippen LogP contribution in [0.2, 0.25) is 0 Å². The molecule has 0 aliphatic rings. The fraction of sp³-hybridized carbons (Fsp3) is 0. The Morgan fingerprint density at radius 2 is 1.78 bits per heavy atom. The van der Waals surface area contributed by atoms with Gasteiger partial charge in [-0.3, -0.25) is 9.78 Å². The number of aromatic nitrogens is 3. The molecule has 132 valence electrons. The topological polar surface area (TPSA) is 106 Å². The third kappa shape index (κ3) is 3.52. The molecule has 0 spiro atoms. The Kier molecular flexibility index (Phi) is 4.32. The second kappa shape index (κ2) is 7.09. The first-order valence-electron chi connectivity index (χ1n) is 8.28. The van der Waals surface area contributed by atoms with E-state index in [2.05, 4.69) is 25.6 Å². The third-order valence-electron chi connectivity index (χ3n) is 4.05. The Morgan fingerprint density at radius 1 is 0.963 bits per heavy atom. The summed E-state index contributed by atoms with van der Waals surface area (Å²) in [4.78, 5) is 24.8. The molecule has 27 heavy (non-hydrogen) atoms. The quantitative estimate of drug-likeness (QED) is 0.516. The molecule has 0 aliphatic carbocycles. The zero-order valence-corrected chi connectivity index (χ0v) is 14.3. The lowest BCUT2D eigenvalue weighted by Crippen LogP contribution is -2.13. The largest absolute Gasteiger partial charge is 0.396 e. The van der Waals surface area contributed by atoms with E-state index < -0.39 is 0 Å². The molecule has 0 saturated heterocycles. The minimum atomic E-state index is -0.244. The molecular formula is C20H16N6O. The first-order valence-corrected chi connectivity index (χ1v) is 8.28. The van der Waals surface area contributed by atoms with Gasteiger partial charge in [0.15, 0.2) is 0 Å². The van der Waals surface area contributed by atoms with Crippen LogP contribution in [0.1, 0.15) is 10.4 Å². The molecule has 4 N–H and O–H groups in total. The molecule has 0 saturated carbocycles. The van der Waals surface area contributed by atoms with Crippen molar-refractivity contribution in [1.82, 2.24) is 15.0 Å². The minimum absolute atomic E-state index is 0.244. The molecule has 4 rings (SSSR count). The Labute approximate surface area is 155 Å². The highest BCUT2D eigenvalue weighted by molar-refractivity contribution is 6.05. The van der Waals surface area contributed by atoms with Gasteiger partial charge < -0.3 is 16.4 Å². The van der Waals surface area contributed by atoms with Crippen LogP contribution in [-0.4, -0.2) is 20.9 Å². The van der Waals surface area contributed by atoms with Crippen molar-refractivity contribution in [3.63, 3.8) is 0 Å². The maximum atomic E-state index is 12.4. The monoisotopic (exact) mass is 356 g/mol. The van der Waals surface area contributed by atoms with E-state index in [1.54, 1.807) is 24.4 Å². The van der Waals surface area contributed by atoms with E-state index in [0.29, 0.717) is 22.8 Å². The summed E-state index contributed by atoms with van der Waals surface area (Å²) in [6.45, 7) is 0. The molecule has 0 fully saturated rings. The summed E-state index contributed by atoms with van der Waals surface area (Å²) >= 11 is 0. The average molecular weight is 356 g/mol. The van der Waals surface area contributed by atoms with Crippen molar-refractivity contribution in [2.24, 2.45) is 0 Å². The number of carbonyl (C=O) groups excluding carboxylic acids is 1. The predicted octanol–water partition coefficient (Wildman–Crippen LogP) is 3.60. The van der Waals surface area contributed by atoms with Crippen molar-refractivity contribution in [3.8, 4) is 0 Å². The van der Waals surface area contributed by atoms with Gasteiger partial charge >= 0.3 is 0 Å². The molecule has 0 radical (unpaired) electrons. The van der Waals surface area contributed by atoms with Crippen LogP contribution in [0.25, 0.3) is 10.9 Å². The summed E-state index contributed by atoms with van der Waals surface area (Å²) in [5.74, 6) is 0.467. The van der Waals surface area contributed by atoms with E-state index in [0.717, 1.165) is 16.6 Å². The smallest absolute Gasteiger partial charge is 0.255 e. The first kappa shape index (κ1) is 16.5. The van der Waals surface area contributed by atoms with Crippen LogP contribution in [0.15, 0.2) is 73.3 Å². The van der Waals surface area contributed by atoms with Crippen LogP contribution in [-0.2, 0) is 0 Å². The van der Waals surface area contributed by atoms with E-state index >= 15 is 0 Å². The van der Waals surface area contributed by atoms with Gasteiger partial charge in [0.05, 0.1) is 23.1 Å². The predicted molar refractivity (Wildman–Crippen MR) is 106 cm³/mol. The number of hydrogen-bond donors (Lipinski definition) is 3. The molecule has 0 atom stereocenters. The van der Waals surface area contributed by atoms with Crippen LogP contribution in [0.4, 0.5) is 22.9 Å². The number of carbonyl (C=O) groups is 1. The number of pyridine rings is 1. The molecule has 2 aromatic heterocycles. The van der Waals surface area contributed by atoms with Crippen molar-refractivity contribution >= 4 is 39.7 Å². The van der Waals surface area contributed by atoms with Gasteiger partial charge in [0.1, 0.15) is 12.1 Å². The molecule has 2 aromatic carbocycles. The summed E-state index contributed by atoms with van der Waals surface area (Å²) in [5, 5.41) is 6.96. The van der Waals surface area contributed by atoms with Crippen LogP contribution < -0.4 is 16.4 Å². The lowest BCUT2D eigenvalue weighted by atomic mass is 10.1. The fourth-order valence-corrected chi connectivity index (χ4v) is 2.66. The Bertz CT molecular complexity index is 1110. The lowest BCUT2D eigenvalue weighted by Gasteiger charge is -2.10. The van der Waals surface area contributed by atoms with Gasteiger partial charge in [-0.25, -0.2) is 9.97 Å². The van der Waals surface area contributed by atoms with E-state index in [4.69, 9.17) is 5.73 Å². The third-order valence-corrected chi connectivity index (χ3v) is 4.05. The number of anilines is 4. The minimum Gasteiger partial charge on any atom is -0.396 e. The molecule has 1 amide bonds. The summed E-state index contributed by atoms with van der Waals surface area (Å²) < 4.78 is 0. The standard InChI is InChI=1S/C20H16N6O/c21-16-11-22-10-9-18(16)26-20(27)13-5-7-14(8-6-13)25-19-15-3-1-2-4-17(15)23-12-24-19/h1-12H,21H2,(H,22,26,27)(H,23,24,25). The van der Waals surface area contributed by atoms with Crippen molar-refractivity contribution in [1.29, 1.82) is 0 Å². The highest BCUT2D eigenvalue weighted by Crippen LogP contribution is 2.23. The van der Waals surface area contributed by atoms with E-state index in [1.165, 1.54) is 12.5 Å². The number of hydrogen-bond acceptors (Lipinski definition) is 6. The number of rotatable bonds is 4. The summed E-state index contributed by atoms with van der Waals surface area (Å²) in [6.07, 6.45) is 4.59. The zero-order valence-electron chi connectivity index (χ0n) is 14.3. The highest BCUT2D eigenvalue weighted by atomic mass is 16.1. The summed E-state index contributed by atoms with van der Waals surface area (Å²) in [7, 11) is 0. The molecule has 7 heteroatoms. The number of nitrogen functional groups attached to an aromatic ring is 1. The van der Waals surface area contributed by atoms with Gasteiger partial charge in [-0.15, -0.1) is 0 Å². The molecule has 4 aromatic rings. The Balaban J connectivity index is 1.52. The number of nitrogens with zero attached hydrogens (tertiary/aromatic N) is 3. The van der Waals surface area contributed by atoms with Crippen molar-refractivity contribution in [2.45, 2.75) is 0 Å². The Hall–Kier alpha value is -4.00.